The highest BCUT2D eigenvalue weighted by molar-refractivity contribution is 5.67. The molecule has 0 fully saturated rings. The molecule has 2 rings (SSSR count). The highest BCUT2D eigenvalue weighted by Crippen LogP contribution is 2.22. The molecular formula is C12H10N4. The van der Waals surface area contributed by atoms with Crippen LogP contribution in [0.4, 0.5) is 5.82 Å². The van der Waals surface area contributed by atoms with Crippen molar-refractivity contribution in [2.24, 2.45) is 0 Å². The van der Waals surface area contributed by atoms with Crippen LogP contribution in [-0.2, 0) is 0 Å². The van der Waals surface area contributed by atoms with Crippen LogP contribution < -0.4 is 5.73 Å². The Labute approximate surface area is 93.4 Å². The third kappa shape index (κ3) is 1.84. The Morgan fingerprint density at radius 1 is 1.31 bits per heavy atom. The Morgan fingerprint density at radius 3 is 2.81 bits per heavy atom. The third-order valence-corrected chi connectivity index (χ3v) is 2.29. The van der Waals surface area contributed by atoms with E-state index in [-0.39, 0.29) is 0 Å². The molecule has 0 aliphatic rings. The number of nitrogens with two attached hydrogens (primary N) is 1. The van der Waals surface area contributed by atoms with E-state index in [1.807, 2.05) is 13.0 Å². The topological polar surface area (TPSA) is 75.6 Å². The van der Waals surface area contributed by atoms with Gasteiger partial charge in [0.2, 0.25) is 0 Å². The summed E-state index contributed by atoms with van der Waals surface area (Å²) < 4.78 is 0. The van der Waals surface area contributed by atoms with Gasteiger partial charge in [-0.05, 0) is 25.1 Å². The summed E-state index contributed by atoms with van der Waals surface area (Å²) in [6, 6.07) is 7.47. The Kier molecular flexibility index (Phi) is 2.52. The van der Waals surface area contributed by atoms with Crippen LogP contribution in [0.15, 0.2) is 30.6 Å². The summed E-state index contributed by atoms with van der Waals surface area (Å²) in [7, 11) is 0. The van der Waals surface area contributed by atoms with Gasteiger partial charge in [-0.1, -0.05) is 0 Å². The number of nitrogens with zero attached hydrogens (tertiary/aromatic N) is 3. The van der Waals surface area contributed by atoms with Crippen molar-refractivity contribution >= 4 is 5.82 Å². The van der Waals surface area contributed by atoms with Gasteiger partial charge in [0.25, 0.3) is 0 Å². The monoisotopic (exact) mass is 210 g/mol. The smallest absolute Gasteiger partial charge is 0.123 e. The first-order valence-electron chi connectivity index (χ1n) is 4.79. The zero-order valence-electron chi connectivity index (χ0n) is 8.81. The minimum absolute atomic E-state index is 0.491. The maximum Gasteiger partial charge on any atom is 0.123 e. The minimum atomic E-state index is 0.491. The maximum atomic E-state index is 8.80. The normalized spacial score (nSPS) is 9.75. The largest absolute Gasteiger partial charge is 0.384 e. The molecular weight excluding hydrogens is 200 g/mol. The molecule has 0 aliphatic heterocycles. The average Bonchev–Trinajstić information content (AvgIpc) is 2.29. The van der Waals surface area contributed by atoms with E-state index in [9.17, 15) is 0 Å². The van der Waals surface area contributed by atoms with Gasteiger partial charge in [-0.2, -0.15) is 5.26 Å². The van der Waals surface area contributed by atoms with Crippen molar-refractivity contribution in [2.75, 3.05) is 5.73 Å². The average molecular weight is 210 g/mol. The van der Waals surface area contributed by atoms with E-state index in [1.54, 1.807) is 18.3 Å². The Hall–Kier alpha value is -2.41. The number of aromatic nitrogens is 2. The van der Waals surface area contributed by atoms with Crippen LogP contribution in [0.3, 0.4) is 0 Å². The van der Waals surface area contributed by atoms with Crippen LogP contribution in [0.2, 0.25) is 0 Å². The van der Waals surface area contributed by atoms with Gasteiger partial charge >= 0.3 is 0 Å². The quantitative estimate of drug-likeness (QED) is 0.780. The molecule has 2 heterocycles. The molecule has 0 radical (unpaired) electrons. The lowest BCUT2D eigenvalue weighted by atomic mass is 10.1. The standard InChI is InChI=1S/C12H10N4/c1-8-11(2-3-12(14)16-8)10-4-9(5-13)6-15-7-10/h2-4,6-7H,1H3,(H2,14,16). The molecule has 0 atom stereocenters. The number of nitrogen functional groups attached to an aromatic ring is 1. The Morgan fingerprint density at radius 2 is 2.12 bits per heavy atom. The van der Waals surface area contributed by atoms with Crippen molar-refractivity contribution in [3.8, 4) is 17.2 Å². The van der Waals surface area contributed by atoms with E-state index in [0.29, 0.717) is 11.4 Å². The fourth-order valence-corrected chi connectivity index (χ4v) is 1.53. The van der Waals surface area contributed by atoms with Crippen LogP contribution in [0.25, 0.3) is 11.1 Å². The van der Waals surface area contributed by atoms with Crippen molar-refractivity contribution < 1.29 is 0 Å². The van der Waals surface area contributed by atoms with Gasteiger partial charge in [0.05, 0.1) is 5.56 Å². The van der Waals surface area contributed by atoms with Crippen LogP contribution in [-0.4, -0.2) is 9.97 Å². The molecule has 16 heavy (non-hydrogen) atoms. The van der Waals surface area contributed by atoms with Gasteiger partial charge in [-0.15, -0.1) is 0 Å². The number of rotatable bonds is 1. The SMILES string of the molecule is Cc1nc(N)ccc1-c1cncc(C#N)c1. The summed E-state index contributed by atoms with van der Waals surface area (Å²) in [5, 5.41) is 8.80. The van der Waals surface area contributed by atoms with Gasteiger partial charge < -0.3 is 5.73 Å². The molecule has 0 unspecified atom stereocenters. The van der Waals surface area contributed by atoms with E-state index in [0.717, 1.165) is 16.8 Å². The van der Waals surface area contributed by atoms with Crippen LogP contribution >= 0.6 is 0 Å². The second kappa shape index (κ2) is 3.99. The number of nitriles is 1. The maximum absolute atomic E-state index is 8.80. The number of pyridine rings is 2. The molecule has 0 spiro atoms. The second-order valence-corrected chi connectivity index (χ2v) is 3.44. The molecule has 0 aliphatic carbocycles. The zero-order chi connectivity index (χ0) is 11.5. The highest BCUT2D eigenvalue weighted by atomic mass is 14.8. The molecule has 2 aromatic heterocycles. The molecule has 0 saturated heterocycles. The molecule has 0 amide bonds. The van der Waals surface area contributed by atoms with E-state index in [2.05, 4.69) is 16.0 Å². The van der Waals surface area contributed by atoms with Crippen molar-refractivity contribution in [3.05, 3.63) is 41.9 Å². The summed E-state index contributed by atoms with van der Waals surface area (Å²) in [5.41, 5.74) is 8.77. The molecule has 2 N–H and O–H groups in total. The predicted molar refractivity (Wildman–Crippen MR) is 61.3 cm³/mol. The molecule has 0 aromatic carbocycles. The fraction of sp³-hybridized carbons (Fsp3) is 0.0833. The van der Waals surface area contributed by atoms with Gasteiger partial charge in [-0.25, -0.2) is 4.98 Å². The van der Waals surface area contributed by atoms with Crippen molar-refractivity contribution in [1.82, 2.24) is 9.97 Å². The van der Waals surface area contributed by atoms with Crippen LogP contribution in [0.5, 0.6) is 0 Å². The van der Waals surface area contributed by atoms with E-state index < -0.39 is 0 Å². The summed E-state index contributed by atoms with van der Waals surface area (Å²) in [5.74, 6) is 0.491. The Bertz CT molecular complexity index is 569. The molecule has 4 nitrogen and oxygen atoms in total. The number of aryl methyl sites for hydroxylation is 1. The lowest BCUT2D eigenvalue weighted by Crippen LogP contribution is -1.94. The molecule has 0 bridgehead atoms. The molecule has 4 heteroatoms. The van der Waals surface area contributed by atoms with Gasteiger partial charge in [0.1, 0.15) is 11.9 Å². The lowest BCUT2D eigenvalue weighted by molar-refractivity contribution is 1.20. The van der Waals surface area contributed by atoms with Crippen LogP contribution in [0.1, 0.15) is 11.3 Å². The van der Waals surface area contributed by atoms with E-state index in [1.165, 1.54) is 6.20 Å². The Balaban J connectivity index is 2.55. The van der Waals surface area contributed by atoms with Crippen LogP contribution in [0, 0.1) is 18.3 Å². The van der Waals surface area contributed by atoms with Crippen molar-refractivity contribution in [1.29, 1.82) is 5.26 Å². The molecule has 0 saturated carbocycles. The van der Waals surface area contributed by atoms with Gasteiger partial charge in [-0.3, -0.25) is 4.98 Å². The van der Waals surface area contributed by atoms with Gasteiger partial charge in [0, 0.05) is 29.2 Å². The fourth-order valence-electron chi connectivity index (χ4n) is 1.53. The second-order valence-electron chi connectivity index (χ2n) is 3.44. The lowest BCUT2D eigenvalue weighted by Gasteiger charge is -2.05. The summed E-state index contributed by atoms with van der Waals surface area (Å²) in [6.45, 7) is 1.88. The highest BCUT2D eigenvalue weighted by Gasteiger charge is 2.04. The molecule has 78 valence electrons. The van der Waals surface area contributed by atoms with Crippen molar-refractivity contribution in [2.45, 2.75) is 6.92 Å². The number of hydrogen-bond acceptors (Lipinski definition) is 4. The van der Waals surface area contributed by atoms with E-state index >= 15 is 0 Å². The molecule has 2 aromatic rings. The van der Waals surface area contributed by atoms with Crippen molar-refractivity contribution in [3.63, 3.8) is 0 Å². The number of hydrogen-bond donors (Lipinski definition) is 1. The predicted octanol–water partition coefficient (Wildman–Crippen LogP) is 1.91. The third-order valence-electron chi connectivity index (χ3n) is 2.29. The first-order valence-corrected chi connectivity index (χ1v) is 4.79. The summed E-state index contributed by atoms with van der Waals surface area (Å²) in [4.78, 5) is 8.19. The van der Waals surface area contributed by atoms with Gasteiger partial charge in [0.15, 0.2) is 0 Å². The summed E-state index contributed by atoms with van der Waals surface area (Å²) >= 11 is 0. The summed E-state index contributed by atoms with van der Waals surface area (Å²) in [6.07, 6.45) is 3.24. The first kappa shape index (κ1) is 10.1. The zero-order valence-corrected chi connectivity index (χ0v) is 8.81. The van der Waals surface area contributed by atoms with E-state index in [4.69, 9.17) is 11.0 Å². The minimum Gasteiger partial charge on any atom is -0.384 e. The first-order chi connectivity index (χ1) is 7.70. The number of anilines is 1.